The van der Waals surface area contributed by atoms with Gasteiger partial charge >= 0.3 is 0 Å². The van der Waals surface area contributed by atoms with Gasteiger partial charge in [-0.3, -0.25) is 20.0 Å². The summed E-state index contributed by atoms with van der Waals surface area (Å²) in [6, 6.07) is 2.74. The zero-order chi connectivity index (χ0) is 13.8. The molecule has 0 saturated heterocycles. The molecule has 98 valence electrons. The summed E-state index contributed by atoms with van der Waals surface area (Å²) in [6.45, 7) is 0.0351. The number of carbonyl (C=O) groups excluding carboxylic acids is 1. The highest BCUT2D eigenvalue weighted by Crippen LogP contribution is 2.19. The quantitative estimate of drug-likeness (QED) is 0.626. The Morgan fingerprint density at radius 3 is 2.95 bits per heavy atom. The molecule has 1 amide bonds. The van der Waals surface area contributed by atoms with Crippen LogP contribution < -0.4 is 5.32 Å². The maximum absolute atomic E-state index is 12.9. The van der Waals surface area contributed by atoms with Crippen molar-refractivity contribution >= 4 is 11.6 Å². The van der Waals surface area contributed by atoms with Gasteiger partial charge in [0.25, 0.3) is 11.6 Å². The summed E-state index contributed by atoms with van der Waals surface area (Å²) in [5, 5.41) is 19.3. The third-order valence-corrected chi connectivity index (χ3v) is 2.28. The van der Waals surface area contributed by atoms with Gasteiger partial charge in [-0.05, 0) is 12.1 Å². The SMILES string of the molecule is O=C(NCc1ncn[nH]1)c1ccc(F)cc1[N+](=O)[O-]. The predicted molar refractivity (Wildman–Crippen MR) is 60.6 cm³/mol. The Kier molecular flexibility index (Phi) is 3.46. The summed E-state index contributed by atoms with van der Waals surface area (Å²) in [5.41, 5.74) is -0.805. The largest absolute Gasteiger partial charge is 0.345 e. The van der Waals surface area contributed by atoms with E-state index in [1.165, 1.54) is 6.33 Å². The topological polar surface area (TPSA) is 114 Å². The summed E-state index contributed by atoms with van der Waals surface area (Å²) < 4.78 is 12.9. The van der Waals surface area contributed by atoms with Crippen LogP contribution in [0.5, 0.6) is 0 Å². The van der Waals surface area contributed by atoms with E-state index in [4.69, 9.17) is 0 Å². The average molecular weight is 265 g/mol. The van der Waals surface area contributed by atoms with Crippen molar-refractivity contribution in [1.82, 2.24) is 20.5 Å². The molecule has 19 heavy (non-hydrogen) atoms. The third-order valence-electron chi connectivity index (χ3n) is 2.28. The van der Waals surface area contributed by atoms with Gasteiger partial charge in [0.1, 0.15) is 23.5 Å². The Morgan fingerprint density at radius 1 is 1.53 bits per heavy atom. The molecule has 0 fully saturated rings. The lowest BCUT2D eigenvalue weighted by Crippen LogP contribution is -2.24. The van der Waals surface area contributed by atoms with E-state index in [2.05, 4.69) is 20.5 Å². The minimum absolute atomic E-state index is 0.0351. The van der Waals surface area contributed by atoms with Crippen molar-refractivity contribution in [3.8, 4) is 0 Å². The zero-order valence-corrected chi connectivity index (χ0v) is 9.46. The lowest BCUT2D eigenvalue weighted by Gasteiger charge is -2.04. The number of halogens is 1. The van der Waals surface area contributed by atoms with Crippen molar-refractivity contribution in [2.75, 3.05) is 0 Å². The summed E-state index contributed by atoms with van der Waals surface area (Å²) in [6.07, 6.45) is 1.27. The Hall–Kier alpha value is -2.84. The molecule has 8 nitrogen and oxygen atoms in total. The fraction of sp³-hybridized carbons (Fsp3) is 0.100. The fourth-order valence-corrected chi connectivity index (χ4v) is 1.42. The number of rotatable bonds is 4. The lowest BCUT2D eigenvalue weighted by molar-refractivity contribution is -0.385. The number of aromatic nitrogens is 3. The molecule has 1 aromatic heterocycles. The van der Waals surface area contributed by atoms with E-state index in [0.29, 0.717) is 11.9 Å². The number of nitro benzene ring substituents is 1. The first-order chi connectivity index (χ1) is 9.08. The maximum atomic E-state index is 12.9. The van der Waals surface area contributed by atoms with Crippen LogP contribution in [0.25, 0.3) is 0 Å². The first kappa shape index (κ1) is 12.6. The molecule has 0 radical (unpaired) electrons. The molecular weight excluding hydrogens is 257 g/mol. The van der Waals surface area contributed by atoms with Gasteiger partial charge in [-0.1, -0.05) is 0 Å². The number of hydrogen-bond acceptors (Lipinski definition) is 5. The molecule has 1 heterocycles. The minimum atomic E-state index is -0.813. The molecule has 0 aliphatic rings. The molecule has 2 rings (SSSR count). The monoisotopic (exact) mass is 265 g/mol. The van der Waals surface area contributed by atoms with Gasteiger partial charge in [0.2, 0.25) is 0 Å². The fourth-order valence-electron chi connectivity index (χ4n) is 1.42. The number of H-pyrrole nitrogens is 1. The molecule has 2 N–H and O–H groups in total. The predicted octanol–water partition coefficient (Wildman–Crippen LogP) is 0.782. The van der Waals surface area contributed by atoms with E-state index in [-0.39, 0.29) is 12.1 Å². The van der Waals surface area contributed by atoms with Crippen LogP contribution in [0.4, 0.5) is 10.1 Å². The first-order valence-electron chi connectivity index (χ1n) is 5.14. The van der Waals surface area contributed by atoms with Crippen LogP contribution in [0.15, 0.2) is 24.5 Å². The number of benzene rings is 1. The van der Waals surface area contributed by atoms with Crippen LogP contribution in [0, 0.1) is 15.9 Å². The molecular formula is C10H8FN5O3. The van der Waals surface area contributed by atoms with Crippen LogP contribution in [-0.2, 0) is 6.54 Å². The van der Waals surface area contributed by atoms with Crippen LogP contribution >= 0.6 is 0 Å². The molecule has 9 heteroatoms. The first-order valence-corrected chi connectivity index (χ1v) is 5.14. The van der Waals surface area contributed by atoms with Crippen LogP contribution in [0.1, 0.15) is 16.2 Å². The van der Waals surface area contributed by atoms with Crippen LogP contribution in [0.3, 0.4) is 0 Å². The second-order valence-electron chi connectivity index (χ2n) is 3.53. The summed E-state index contributed by atoms with van der Waals surface area (Å²) in [4.78, 5) is 25.5. The second kappa shape index (κ2) is 5.21. The molecule has 0 aliphatic heterocycles. The van der Waals surface area contributed by atoms with E-state index in [1.54, 1.807) is 0 Å². The highest BCUT2D eigenvalue weighted by molar-refractivity contribution is 5.98. The standard InChI is InChI=1S/C10H8FN5O3/c11-6-1-2-7(8(3-6)16(18)19)10(17)12-4-9-13-5-14-15-9/h1-3,5H,4H2,(H,12,17)(H,13,14,15). The number of nitrogens with zero attached hydrogens (tertiary/aromatic N) is 3. The molecule has 1 aromatic carbocycles. The number of carbonyl (C=O) groups is 1. The number of nitrogens with one attached hydrogen (secondary N) is 2. The molecule has 2 aromatic rings. The second-order valence-corrected chi connectivity index (χ2v) is 3.53. The number of aromatic amines is 1. The number of hydrogen-bond donors (Lipinski definition) is 2. The summed E-state index contributed by atoms with van der Waals surface area (Å²) >= 11 is 0. The number of amides is 1. The van der Waals surface area contributed by atoms with Crippen molar-refractivity contribution in [2.45, 2.75) is 6.54 Å². The van der Waals surface area contributed by atoms with E-state index in [0.717, 1.165) is 12.1 Å². The number of nitro groups is 1. The molecule has 0 bridgehead atoms. The van der Waals surface area contributed by atoms with E-state index in [1.807, 2.05) is 0 Å². The maximum Gasteiger partial charge on any atom is 0.285 e. The Morgan fingerprint density at radius 2 is 2.32 bits per heavy atom. The van der Waals surface area contributed by atoms with E-state index < -0.39 is 22.3 Å². The van der Waals surface area contributed by atoms with Gasteiger partial charge in [0.05, 0.1) is 17.5 Å². The average Bonchev–Trinajstić information content (AvgIpc) is 2.88. The smallest absolute Gasteiger partial charge is 0.285 e. The van der Waals surface area contributed by atoms with Crippen molar-refractivity contribution in [1.29, 1.82) is 0 Å². The van der Waals surface area contributed by atoms with Gasteiger partial charge in [-0.2, -0.15) is 5.10 Å². The Labute approximate surface area is 105 Å². The van der Waals surface area contributed by atoms with Gasteiger partial charge in [0, 0.05) is 0 Å². The highest BCUT2D eigenvalue weighted by atomic mass is 19.1. The molecule has 0 atom stereocenters. The van der Waals surface area contributed by atoms with Crippen LogP contribution in [-0.4, -0.2) is 26.0 Å². The zero-order valence-electron chi connectivity index (χ0n) is 9.46. The molecule has 0 spiro atoms. The minimum Gasteiger partial charge on any atom is -0.345 e. The van der Waals surface area contributed by atoms with Crippen LogP contribution in [0.2, 0.25) is 0 Å². The van der Waals surface area contributed by atoms with Gasteiger partial charge < -0.3 is 5.32 Å². The summed E-state index contributed by atoms with van der Waals surface area (Å²) in [7, 11) is 0. The van der Waals surface area contributed by atoms with Crippen molar-refractivity contribution in [3.63, 3.8) is 0 Å². The lowest BCUT2D eigenvalue weighted by atomic mass is 10.1. The van der Waals surface area contributed by atoms with Crippen molar-refractivity contribution in [2.24, 2.45) is 0 Å². The van der Waals surface area contributed by atoms with Crippen molar-refractivity contribution < 1.29 is 14.1 Å². The Bertz CT molecular complexity index is 614. The third kappa shape index (κ3) is 2.89. The van der Waals surface area contributed by atoms with E-state index >= 15 is 0 Å². The van der Waals surface area contributed by atoms with E-state index in [9.17, 15) is 19.3 Å². The van der Waals surface area contributed by atoms with Gasteiger partial charge in [0.15, 0.2) is 0 Å². The molecule has 0 saturated carbocycles. The summed E-state index contributed by atoms with van der Waals surface area (Å²) in [5.74, 6) is -1.07. The molecule has 0 unspecified atom stereocenters. The van der Waals surface area contributed by atoms with Gasteiger partial charge in [-0.25, -0.2) is 9.37 Å². The van der Waals surface area contributed by atoms with Gasteiger partial charge in [-0.15, -0.1) is 0 Å². The Balaban J connectivity index is 2.16. The van der Waals surface area contributed by atoms with Crippen molar-refractivity contribution in [3.05, 3.63) is 51.8 Å². The normalized spacial score (nSPS) is 10.2. The highest BCUT2D eigenvalue weighted by Gasteiger charge is 2.20. The molecule has 0 aliphatic carbocycles.